The zero-order chi connectivity index (χ0) is 18.6. The number of hydrogen-bond acceptors (Lipinski definition) is 7. The van der Waals surface area contributed by atoms with Gasteiger partial charge in [-0.05, 0) is 19.3 Å². The van der Waals surface area contributed by atoms with E-state index in [1.54, 1.807) is 0 Å². The topological polar surface area (TPSA) is 61.9 Å². The molecule has 1 amide bonds. The third-order valence-corrected chi connectivity index (χ3v) is 7.99. The number of piperazine rings is 1. The molecule has 26 heavy (non-hydrogen) atoms. The van der Waals surface area contributed by atoms with Gasteiger partial charge in [-0.1, -0.05) is 28.0 Å². The minimum atomic E-state index is -0.143. The molecule has 1 N–H and O–H groups in total. The number of ether oxygens (including phenoxy) is 1. The predicted octanol–water partition coefficient (Wildman–Crippen LogP) is 2.00. The Morgan fingerprint density at radius 2 is 1.81 bits per heavy atom. The summed E-state index contributed by atoms with van der Waals surface area (Å²) < 4.78 is 4.68. The zero-order valence-electron chi connectivity index (χ0n) is 15.9. The van der Waals surface area contributed by atoms with Crippen LogP contribution in [-0.4, -0.2) is 85.6 Å². The van der Waals surface area contributed by atoms with Crippen LogP contribution in [0.3, 0.4) is 0 Å². The number of nitrogens with zero attached hydrogens (tertiary/aromatic N) is 2. The monoisotopic (exact) mass is 403 g/mol. The molecule has 2 aliphatic rings. The fourth-order valence-electron chi connectivity index (χ4n) is 3.25. The van der Waals surface area contributed by atoms with Crippen molar-refractivity contribution in [3.8, 4) is 0 Å². The fourth-order valence-corrected chi connectivity index (χ4v) is 6.28. The van der Waals surface area contributed by atoms with Crippen molar-refractivity contribution in [1.82, 2.24) is 15.1 Å². The SMILES string of the molecule is COC(=O)CCN1CCN(CCNC(=O)CCCCC2CCSS2)CC1. The molecule has 0 aromatic carbocycles. The summed E-state index contributed by atoms with van der Waals surface area (Å²) in [6.07, 6.45) is 5.88. The van der Waals surface area contributed by atoms with Crippen LogP contribution in [0, 0.1) is 0 Å². The lowest BCUT2D eigenvalue weighted by molar-refractivity contribution is -0.141. The van der Waals surface area contributed by atoms with Crippen LogP contribution in [-0.2, 0) is 14.3 Å². The van der Waals surface area contributed by atoms with E-state index in [9.17, 15) is 9.59 Å². The average Bonchev–Trinajstić information content (AvgIpc) is 3.18. The van der Waals surface area contributed by atoms with Crippen molar-refractivity contribution in [3.63, 3.8) is 0 Å². The van der Waals surface area contributed by atoms with Crippen molar-refractivity contribution < 1.29 is 14.3 Å². The highest BCUT2D eigenvalue weighted by atomic mass is 33.1. The fraction of sp³-hybridized carbons (Fsp3) is 0.889. The Hall–Kier alpha value is -0.440. The normalized spacial score (nSPS) is 21.7. The highest BCUT2D eigenvalue weighted by Crippen LogP contribution is 2.39. The third kappa shape index (κ3) is 8.97. The molecule has 2 saturated heterocycles. The van der Waals surface area contributed by atoms with Crippen LogP contribution in [0.4, 0.5) is 0 Å². The lowest BCUT2D eigenvalue weighted by Gasteiger charge is -2.34. The van der Waals surface area contributed by atoms with Crippen molar-refractivity contribution in [1.29, 1.82) is 0 Å². The van der Waals surface area contributed by atoms with Crippen molar-refractivity contribution >= 4 is 33.5 Å². The summed E-state index contributed by atoms with van der Waals surface area (Å²) in [6.45, 7) is 6.35. The quantitative estimate of drug-likeness (QED) is 0.322. The molecule has 0 aromatic rings. The largest absolute Gasteiger partial charge is 0.469 e. The summed E-state index contributed by atoms with van der Waals surface area (Å²) in [5.74, 6) is 1.33. The molecule has 6 nitrogen and oxygen atoms in total. The summed E-state index contributed by atoms with van der Waals surface area (Å²) >= 11 is 0. The number of esters is 1. The summed E-state index contributed by atoms with van der Waals surface area (Å²) in [4.78, 5) is 27.8. The van der Waals surface area contributed by atoms with Crippen molar-refractivity contribution in [3.05, 3.63) is 0 Å². The first-order valence-electron chi connectivity index (χ1n) is 9.74. The smallest absolute Gasteiger partial charge is 0.306 e. The van der Waals surface area contributed by atoms with Crippen molar-refractivity contribution in [2.45, 2.75) is 43.8 Å². The molecule has 0 saturated carbocycles. The van der Waals surface area contributed by atoms with E-state index in [-0.39, 0.29) is 11.9 Å². The number of carbonyl (C=O) groups excluding carboxylic acids is 2. The van der Waals surface area contributed by atoms with Crippen LogP contribution in [0.1, 0.15) is 38.5 Å². The van der Waals surface area contributed by atoms with Crippen LogP contribution in [0.5, 0.6) is 0 Å². The van der Waals surface area contributed by atoms with E-state index < -0.39 is 0 Å². The molecule has 1 unspecified atom stereocenters. The van der Waals surface area contributed by atoms with Gasteiger partial charge in [-0.25, -0.2) is 0 Å². The molecule has 0 radical (unpaired) electrons. The van der Waals surface area contributed by atoms with Gasteiger partial charge in [0.2, 0.25) is 5.91 Å². The number of nitrogens with one attached hydrogen (secondary N) is 1. The number of rotatable bonds is 11. The van der Waals surface area contributed by atoms with E-state index in [1.165, 1.54) is 32.1 Å². The van der Waals surface area contributed by atoms with Crippen LogP contribution >= 0.6 is 21.6 Å². The van der Waals surface area contributed by atoms with E-state index in [4.69, 9.17) is 0 Å². The summed E-state index contributed by atoms with van der Waals surface area (Å²) in [5.41, 5.74) is 0. The molecule has 2 heterocycles. The van der Waals surface area contributed by atoms with Crippen molar-refractivity contribution in [2.75, 3.05) is 58.7 Å². The molecule has 0 aliphatic carbocycles. The van der Waals surface area contributed by atoms with Gasteiger partial charge in [-0.15, -0.1) is 0 Å². The summed E-state index contributed by atoms with van der Waals surface area (Å²) in [7, 11) is 5.44. The zero-order valence-corrected chi connectivity index (χ0v) is 17.5. The van der Waals surface area contributed by atoms with E-state index in [0.717, 1.165) is 57.5 Å². The molecule has 8 heteroatoms. The summed E-state index contributed by atoms with van der Waals surface area (Å²) in [6, 6.07) is 0. The number of carbonyl (C=O) groups is 2. The lowest BCUT2D eigenvalue weighted by Crippen LogP contribution is -2.48. The molecule has 0 spiro atoms. The van der Waals surface area contributed by atoms with Gasteiger partial charge >= 0.3 is 5.97 Å². The van der Waals surface area contributed by atoms with Crippen LogP contribution in [0.25, 0.3) is 0 Å². The Kier molecular flexibility index (Phi) is 10.8. The molecular weight excluding hydrogens is 370 g/mol. The summed E-state index contributed by atoms with van der Waals surface area (Å²) in [5, 5.41) is 3.87. The minimum Gasteiger partial charge on any atom is -0.469 e. The van der Waals surface area contributed by atoms with Gasteiger partial charge in [0.05, 0.1) is 13.5 Å². The highest BCUT2D eigenvalue weighted by molar-refractivity contribution is 8.77. The standard InChI is InChI=1S/C18H33N3O3S2/c1-24-18(23)6-9-20-11-13-21(14-12-20)10-8-19-17(22)5-3-2-4-16-7-15-25-26-16/h16H,2-15H2,1H3,(H,19,22). The van der Waals surface area contributed by atoms with Crippen LogP contribution in [0.15, 0.2) is 0 Å². The second kappa shape index (κ2) is 12.9. The minimum absolute atomic E-state index is 0.143. The first-order chi connectivity index (χ1) is 12.7. The highest BCUT2D eigenvalue weighted by Gasteiger charge is 2.18. The maximum absolute atomic E-state index is 11.9. The lowest BCUT2D eigenvalue weighted by atomic mass is 10.1. The van der Waals surface area contributed by atoms with E-state index in [2.05, 4.69) is 19.9 Å². The molecule has 0 aromatic heterocycles. The van der Waals surface area contributed by atoms with Crippen LogP contribution < -0.4 is 5.32 Å². The Morgan fingerprint density at radius 1 is 1.08 bits per heavy atom. The maximum Gasteiger partial charge on any atom is 0.306 e. The first kappa shape index (κ1) is 21.9. The van der Waals surface area contributed by atoms with Gasteiger partial charge in [0.25, 0.3) is 0 Å². The van der Waals surface area contributed by atoms with Crippen molar-refractivity contribution in [2.24, 2.45) is 0 Å². The molecule has 150 valence electrons. The Bertz CT molecular complexity index is 426. The maximum atomic E-state index is 11.9. The second-order valence-corrected chi connectivity index (χ2v) is 9.72. The number of amides is 1. The van der Waals surface area contributed by atoms with Gasteiger partial charge in [-0.2, -0.15) is 0 Å². The van der Waals surface area contributed by atoms with Gasteiger partial charge in [0, 0.05) is 63.2 Å². The van der Waals surface area contributed by atoms with Gasteiger partial charge in [-0.3, -0.25) is 14.5 Å². The average molecular weight is 404 g/mol. The molecule has 1 atom stereocenters. The van der Waals surface area contributed by atoms with Gasteiger partial charge < -0.3 is 15.0 Å². The Balaban J connectivity index is 1.43. The number of hydrogen-bond donors (Lipinski definition) is 1. The molecule has 2 fully saturated rings. The van der Waals surface area contributed by atoms with Gasteiger partial charge in [0.1, 0.15) is 0 Å². The number of methoxy groups -OCH3 is 1. The molecular formula is C18H33N3O3S2. The second-order valence-electron chi connectivity index (χ2n) is 6.93. The predicted molar refractivity (Wildman–Crippen MR) is 109 cm³/mol. The van der Waals surface area contributed by atoms with Gasteiger partial charge in [0.15, 0.2) is 0 Å². The van der Waals surface area contributed by atoms with E-state index >= 15 is 0 Å². The van der Waals surface area contributed by atoms with E-state index in [1.807, 2.05) is 21.6 Å². The Morgan fingerprint density at radius 3 is 2.46 bits per heavy atom. The molecule has 2 aliphatic heterocycles. The first-order valence-corrected chi connectivity index (χ1v) is 12.1. The molecule has 0 bridgehead atoms. The number of unbranched alkanes of at least 4 members (excludes halogenated alkanes) is 1. The van der Waals surface area contributed by atoms with E-state index in [0.29, 0.717) is 12.8 Å². The Labute approximate surface area is 165 Å². The molecule has 2 rings (SSSR count). The van der Waals surface area contributed by atoms with Crippen LogP contribution in [0.2, 0.25) is 0 Å². The third-order valence-electron chi connectivity index (χ3n) is 4.98.